The van der Waals surface area contributed by atoms with Crippen LogP contribution in [-0.2, 0) is 4.79 Å². The number of carbonyl (C=O) groups is 1. The second-order valence-electron chi connectivity index (χ2n) is 4.64. The van der Waals surface area contributed by atoms with Crippen molar-refractivity contribution >= 4 is 70.7 Å². The molecule has 0 saturated heterocycles. The molecule has 6 heteroatoms. The molecule has 0 saturated carbocycles. The van der Waals surface area contributed by atoms with Crippen molar-refractivity contribution in [2.24, 2.45) is 4.99 Å². The summed E-state index contributed by atoms with van der Waals surface area (Å²) in [4.78, 5) is 15.7. The normalized spacial score (nSPS) is 23.4. The standard InChI is InChI=1S/C14H8Br3NO2/c15-7-1-2-11-9(3-7)10-4-8(16)5-14(17,6-12(19)20)13(10)18-11/h1-5H,6H2,(H,19,20). The first-order chi connectivity index (χ1) is 9.39. The largest absolute Gasteiger partial charge is 0.481 e. The molecule has 0 fully saturated rings. The van der Waals surface area contributed by atoms with Crippen LogP contribution in [0.3, 0.4) is 0 Å². The number of nitrogens with zero attached hydrogens (tertiary/aromatic N) is 1. The maximum Gasteiger partial charge on any atom is 0.305 e. The average molecular weight is 462 g/mol. The summed E-state index contributed by atoms with van der Waals surface area (Å²) in [6.07, 6.45) is 3.75. The van der Waals surface area contributed by atoms with Gasteiger partial charge in [-0.25, -0.2) is 0 Å². The van der Waals surface area contributed by atoms with Gasteiger partial charge in [0.25, 0.3) is 0 Å². The Morgan fingerprint density at radius 2 is 2.10 bits per heavy atom. The van der Waals surface area contributed by atoms with E-state index < -0.39 is 10.3 Å². The summed E-state index contributed by atoms with van der Waals surface area (Å²) in [7, 11) is 0. The van der Waals surface area contributed by atoms with Gasteiger partial charge in [-0.2, -0.15) is 0 Å². The molecule has 0 aromatic heterocycles. The van der Waals surface area contributed by atoms with Gasteiger partial charge >= 0.3 is 5.97 Å². The summed E-state index contributed by atoms with van der Waals surface area (Å²) in [6.45, 7) is 0. The van der Waals surface area contributed by atoms with Crippen LogP contribution in [0.1, 0.15) is 12.0 Å². The molecule has 1 aromatic carbocycles. The number of rotatable bonds is 2. The molecule has 0 radical (unpaired) electrons. The number of halogens is 3. The van der Waals surface area contributed by atoms with Gasteiger partial charge in [0.1, 0.15) is 0 Å². The van der Waals surface area contributed by atoms with Crippen molar-refractivity contribution in [1.82, 2.24) is 0 Å². The summed E-state index contributed by atoms with van der Waals surface area (Å²) in [5.41, 5.74) is 3.57. The third-order valence-corrected chi connectivity index (χ3v) is 5.02. The highest BCUT2D eigenvalue weighted by atomic mass is 79.9. The van der Waals surface area contributed by atoms with E-state index in [0.717, 1.165) is 31.5 Å². The first-order valence-electron chi connectivity index (χ1n) is 5.79. The third-order valence-electron chi connectivity index (χ3n) is 3.19. The van der Waals surface area contributed by atoms with Gasteiger partial charge in [-0.3, -0.25) is 9.79 Å². The lowest BCUT2D eigenvalue weighted by Gasteiger charge is -2.27. The Morgan fingerprint density at radius 3 is 2.80 bits per heavy atom. The lowest BCUT2D eigenvalue weighted by molar-refractivity contribution is -0.137. The summed E-state index contributed by atoms with van der Waals surface area (Å²) in [5.74, 6) is -0.875. The minimum Gasteiger partial charge on any atom is -0.481 e. The molecule has 1 aromatic rings. The van der Waals surface area contributed by atoms with Gasteiger partial charge in [-0.05, 0) is 30.4 Å². The second kappa shape index (κ2) is 4.93. The number of alkyl halides is 1. The summed E-state index contributed by atoms with van der Waals surface area (Å²) < 4.78 is 1.03. The molecule has 20 heavy (non-hydrogen) atoms. The molecule has 0 bridgehead atoms. The molecule has 2 aliphatic rings. The fourth-order valence-electron chi connectivity index (χ4n) is 2.41. The number of carboxylic acid groups (broad SMARTS) is 1. The topological polar surface area (TPSA) is 49.7 Å². The smallest absolute Gasteiger partial charge is 0.305 e. The molecule has 3 nitrogen and oxygen atoms in total. The SMILES string of the molecule is O=C(O)CC1(Br)C=C(Br)C=C2C1=Nc1ccc(Br)cc12. The quantitative estimate of drug-likeness (QED) is 0.642. The minimum atomic E-state index is -0.875. The molecule has 102 valence electrons. The third kappa shape index (κ3) is 2.34. The van der Waals surface area contributed by atoms with Crippen LogP contribution in [0.25, 0.3) is 5.57 Å². The van der Waals surface area contributed by atoms with E-state index in [4.69, 9.17) is 5.11 Å². The van der Waals surface area contributed by atoms with Crippen LogP contribution in [0.15, 0.2) is 44.3 Å². The summed E-state index contributed by atoms with van der Waals surface area (Å²) in [6, 6.07) is 5.85. The molecular weight excluding hydrogens is 454 g/mol. The number of fused-ring (bicyclic) bond motifs is 3. The Hall–Kier alpha value is -0.720. The predicted octanol–water partition coefficient (Wildman–Crippen LogP) is 4.82. The highest BCUT2D eigenvalue weighted by Crippen LogP contribution is 2.47. The fraction of sp³-hybridized carbons (Fsp3) is 0.143. The molecular formula is C14H8Br3NO2. The number of aliphatic imine (C=N–C) groups is 1. The number of carboxylic acids is 1. The van der Waals surface area contributed by atoms with Gasteiger partial charge in [0.15, 0.2) is 0 Å². The molecule has 1 heterocycles. The van der Waals surface area contributed by atoms with Crippen molar-refractivity contribution in [2.45, 2.75) is 10.7 Å². The maximum atomic E-state index is 11.1. The number of hydrogen-bond acceptors (Lipinski definition) is 2. The van der Waals surface area contributed by atoms with E-state index in [2.05, 4.69) is 52.8 Å². The Labute approximate surface area is 140 Å². The zero-order valence-electron chi connectivity index (χ0n) is 10.0. The van der Waals surface area contributed by atoms with Gasteiger partial charge in [0, 0.05) is 20.1 Å². The number of aliphatic carboxylic acids is 1. The van der Waals surface area contributed by atoms with Crippen LogP contribution in [0, 0.1) is 0 Å². The van der Waals surface area contributed by atoms with E-state index >= 15 is 0 Å². The van der Waals surface area contributed by atoms with Gasteiger partial charge in [-0.15, -0.1) is 0 Å². The van der Waals surface area contributed by atoms with Gasteiger partial charge < -0.3 is 5.11 Å². The lowest BCUT2D eigenvalue weighted by Crippen LogP contribution is -2.34. The van der Waals surface area contributed by atoms with Crippen LogP contribution in [0.4, 0.5) is 5.69 Å². The van der Waals surface area contributed by atoms with Crippen LogP contribution < -0.4 is 0 Å². The van der Waals surface area contributed by atoms with Crippen LogP contribution in [0.2, 0.25) is 0 Å². The summed E-state index contributed by atoms with van der Waals surface area (Å²) in [5, 5.41) is 9.14. The Balaban J connectivity index is 2.16. The molecule has 1 aliphatic heterocycles. The molecule has 1 N–H and O–H groups in total. The van der Waals surface area contributed by atoms with Gasteiger partial charge in [0.05, 0.1) is 22.1 Å². The van der Waals surface area contributed by atoms with Crippen molar-refractivity contribution in [2.75, 3.05) is 0 Å². The van der Waals surface area contributed by atoms with E-state index in [9.17, 15) is 4.79 Å². The summed E-state index contributed by atoms with van der Waals surface area (Å²) >= 11 is 10.5. The monoisotopic (exact) mass is 459 g/mol. The first kappa shape index (κ1) is 14.2. The van der Waals surface area contributed by atoms with Crippen molar-refractivity contribution in [3.63, 3.8) is 0 Å². The molecule has 0 amide bonds. The van der Waals surface area contributed by atoms with E-state index in [1.807, 2.05) is 30.4 Å². The Bertz CT molecular complexity index is 721. The number of hydrogen-bond donors (Lipinski definition) is 1. The highest BCUT2D eigenvalue weighted by Gasteiger charge is 2.41. The maximum absolute atomic E-state index is 11.1. The number of allylic oxidation sites excluding steroid dienone is 4. The van der Waals surface area contributed by atoms with E-state index in [0.29, 0.717) is 0 Å². The molecule has 1 aliphatic carbocycles. The molecule has 1 unspecified atom stereocenters. The average Bonchev–Trinajstić information content (AvgIpc) is 2.67. The molecule has 3 rings (SSSR count). The lowest BCUT2D eigenvalue weighted by atomic mass is 9.87. The van der Waals surface area contributed by atoms with Crippen molar-refractivity contribution in [1.29, 1.82) is 0 Å². The Kier molecular flexibility index (Phi) is 3.51. The van der Waals surface area contributed by atoms with Crippen LogP contribution in [-0.4, -0.2) is 21.1 Å². The number of benzene rings is 1. The van der Waals surface area contributed by atoms with E-state index in [-0.39, 0.29) is 6.42 Å². The van der Waals surface area contributed by atoms with E-state index in [1.165, 1.54) is 0 Å². The van der Waals surface area contributed by atoms with Crippen LogP contribution in [0.5, 0.6) is 0 Å². The van der Waals surface area contributed by atoms with Crippen LogP contribution >= 0.6 is 47.8 Å². The fourth-order valence-corrected chi connectivity index (χ4v) is 4.49. The molecule has 0 spiro atoms. The second-order valence-corrected chi connectivity index (χ2v) is 7.89. The first-order valence-corrected chi connectivity index (χ1v) is 8.17. The zero-order chi connectivity index (χ0) is 14.5. The van der Waals surface area contributed by atoms with Gasteiger partial charge in [-0.1, -0.05) is 47.8 Å². The zero-order valence-corrected chi connectivity index (χ0v) is 14.8. The van der Waals surface area contributed by atoms with E-state index in [1.54, 1.807) is 0 Å². The Morgan fingerprint density at radius 1 is 1.35 bits per heavy atom. The highest BCUT2D eigenvalue weighted by molar-refractivity contribution is 9.12. The van der Waals surface area contributed by atoms with Gasteiger partial charge in [0.2, 0.25) is 0 Å². The van der Waals surface area contributed by atoms with Crippen molar-refractivity contribution < 1.29 is 9.90 Å². The minimum absolute atomic E-state index is 0.0621. The molecule has 1 atom stereocenters. The predicted molar refractivity (Wildman–Crippen MR) is 90.1 cm³/mol. The van der Waals surface area contributed by atoms with Crippen molar-refractivity contribution in [3.05, 3.63) is 44.9 Å². The van der Waals surface area contributed by atoms with Crippen molar-refractivity contribution in [3.8, 4) is 0 Å².